The predicted molar refractivity (Wildman–Crippen MR) is 105 cm³/mol. The summed E-state index contributed by atoms with van der Waals surface area (Å²) in [5, 5.41) is 14.4. The number of rotatable bonds is 6. The Bertz CT molecular complexity index is 1040. The molecule has 0 aliphatic rings. The SMILES string of the molecule is N[C@@H](Cc1ccccn1)c1ccccc1-c1noc2cc(CCO)ccc12. The van der Waals surface area contributed by atoms with Gasteiger partial charge in [0.05, 0.1) is 0 Å². The van der Waals surface area contributed by atoms with E-state index in [1.807, 2.05) is 60.7 Å². The zero-order valence-corrected chi connectivity index (χ0v) is 14.9. The van der Waals surface area contributed by atoms with Crippen LogP contribution in [0.1, 0.15) is 22.9 Å². The molecule has 1 atom stereocenters. The molecular formula is C22H21N3O2. The molecule has 2 aromatic heterocycles. The maximum absolute atomic E-state index is 9.13. The molecule has 4 rings (SSSR count). The monoisotopic (exact) mass is 359 g/mol. The van der Waals surface area contributed by atoms with E-state index in [0.717, 1.165) is 33.5 Å². The lowest BCUT2D eigenvalue weighted by molar-refractivity contribution is 0.299. The minimum Gasteiger partial charge on any atom is -0.396 e. The van der Waals surface area contributed by atoms with Crippen LogP contribution in [-0.4, -0.2) is 21.9 Å². The molecule has 136 valence electrons. The van der Waals surface area contributed by atoms with Crippen molar-refractivity contribution in [1.29, 1.82) is 0 Å². The molecule has 0 radical (unpaired) electrons. The van der Waals surface area contributed by atoms with Gasteiger partial charge in [0.15, 0.2) is 5.58 Å². The van der Waals surface area contributed by atoms with Crippen molar-refractivity contribution in [2.24, 2.45) is 5.73 Å². The van der Waals surface area contributed by atoms with Gasteiger partial charge in [-0.1, -0.05) is 41.6 Å². The average molecular weight is 359 g/mol. The molecule has 0 bridgehead atoms. The van der Waals surface area contributed by atoms with Gasteiger partial charge in [0.25, 0.3) is 0 Å². The molecule has 5 heteroatoms. The van der Waals surface area contributed by atoms with E-state index in [1.165, 1.54) is 0 Å². The van der Waals surface area contributed by atoms with E-state index in [9.17, 15) is 0 Å². The second-order valence-corrected chi connectivity index (χ2v) is 6.55. The van der Waals surface area contributed by atoms with Gasteiger partial charge in [0.1, 0.15) is 5.69 Å². The van der Waals surface area contributed by atoms with Crippen LogP contribution in [0.25, 0.3) is 22.2 Å². The molecule has 0 unspecified atom stereocenters. The zero-order valence-electron chi connectivity index (χ0n) is 14.9. The summed E-state index contributed by atoms with van der Waals surface area (Å²) in [5.74, 6) is 0. The number of hydrogen-bond acceptors (Lipinski definition) is 5. The molecule has 0 saturated heterocycles. The quantitative estimate of drug-likeness (QED) is 0.549. The van der Waals surface area contributed by atoms with Crippen molar-refractivity contribution in [2.45, 2.75) is 18.9 Å². The van der Waals surface area contributed by atoms with Gasteiger partial charge in [0, 0.05) is 41.9 Å². The highest BCUT2D eigenvalue weighted by molar-refractivity contribution is 5.92. The Hall–Kier alpha value is -3.02. The summed E-state index contributed by atoms with van der Waals surface area (Å²) in [7, 11) is 0. The summed E-state index contributed by atoms with van der Waals surface area (Å²) >= 11 is 0. The molecular weight excluding hydrogens is 338 g/mol. The molecule has 5 nitrogen and oxygen atoms in total. The largest absolute Gasteiger partial charge is 0.396 e. The highest BCUT2D eigenvalue weighted by Gasteiger charge is 2.18. The van der Waals surface area contributed by atoms with Crippen molar-refractivity contribution in [1.82, 2.24) is 10.1 Å². The van der Waals surface area contributed by atoms with Crippen molar-refractivity contribution in [2.75, 3.05) is 6.61 Å². The van der Waals surface area contributed by atoms with Crippen LogP contribution in [0.15, 0.2) is 71.4 Å². The summed E-state index contributed by atoms with van der Waals surface area (Å²) < 4.78 is 5.56. The summed E-state index contributed by atoms with van der Waals surface area (Å²) in [6.45, 7) is 0.109. The maximum Gasteiger partial charge on any atom is 0.167 e. The molecule has 0 amide bonds. The minimum atomic E-state index is -0.198. The Morgan fingerprint density at radius 2 is 1.89 bits per heavy atom. The van der Waals surface area contributed by atoms with Crippen molar-refractivity contribution < 1.29 is 9.63 Å². The highest BCUT2D eigenvalue weighted by atomic mass is 16.5. The molecule has 0 aliphatic carbocycles. The van der Waals surface area contributed by atoms with E-state index in [1.54, 1.807) is 6.20 Å². The van der Waals surface area contributed by atoms with Gasteiger partial charge < -0.3 is 15.4 Å². The lowest BCUT2D eigenvalue weighted by Gasteiger charge is -2.15. The maximum atomic E-state index is 9.13. The van der Waals surface area contributed by atoms with Gasteiger partial charge >= 0.3 is 0 Å². The summed E-state index contributed by atoms with van der Waals surface area (Å²) in [6.07, 6.45) is 3.02. The number of aliphatic hydroxyl groups is 1. The first-order valence-electron chi connectivity index (χ1n) is 9.00. The number of fused-ring (bicyclic) bond motifs is 1. The number of aromatic nitrogens is 2. The minimum absolute atomic E-state index is 0.109. The Morgan fingerprint density at radius 1 is 1.04 bits per heavy atom. The number of hydrogen-bond donors (Lipinski definition) is 2. The normalized spacial score (nSPS) is 12.4. The fourth-order valence-electron chi connectivity index (χ4n) is 3.35. The van der Waals surface area contributed by atoms with Gasteiger partial charge in [-0.3, -0.25) is 4.98 Å². The smallest absolute Gasteiger partial charge is 0.167 e. The van der Waals surface area contributed by atoms with Gasteiger partial charge in [-0.25, -0.2) is 0 Å². The first-order valence-corrected chi connectivity index (χ1v) is 9.00. The fraction of sp³-hybridized carbons (Fsp3) is 0.182. The summed E-state index contributed by atoms with van der Waals surface area (Å²) in [6, 6.07) is 19.6. The van der Waals surface area contributed by atoms with E-state index in [0.29, 0.717) is 18.4 Å². The molecule has 2 aromatic carbocycles. The van der Waals surface area contributed by atoms with Crippen molar-refractivity contribution in [3.63, 3.8) is 0 Å². The number of pyridine rings is 1. The van der Waals surface area contributed by atoms with Gasteiger partial charge in [-0.15, -0.1) is 0 Å². The summed E-state index contributed by atoms with van der Waals surface area (Å²) in [5.41, 5.74) is 12.0. The van der Waals surface area contributed by atoms with Crippen LogP contribution in [0.2, 0.25) is 0 Å². The first-order chi connectivity index (χ1) is 13.3. The number of aliphatic hydroxyl groups excluding tert-OH is 1. The number of nitrogens with two attached hydrogens (primary N) is 1. The van der Waals surface area contributed by atoms with Crippen LogP contribution in [0, 0.1) is 0 Å². The topological polar surface area (TPSA) is 85.2 Å². The molecule has 4 aromatic rings. The van der Waals surface area contributed by atoms with Crippen molar-refractivity contribution in [3.05, 3.63) is 83.7 Å². The summed E-state index contributed by atoms with van der Waals surface area (Å²) in [4.78, 5) is 4.38. The van der Waals surface area contributed by atoms with Crippen LogP contribution in [0.4, 0.5) is 0 Å². The molecule has 2 heterocycles. The standard InChI is InChI=1S/C22H21N3O2/c23-20(14-16-5-3-4-11-24-16)17-6-1-2-7-18(17)22-19-9-8-15(10-12-26)13-21(19)27-25-22/h1-9,11,13,20,26H,10,12,14,23H2/t20-/m0/s1. The number of nitrogens with zero attached hydrogens (tertiary/aromatic N) is 2. The Labute approximate surface area is 157 Å². The third-order valence-corrected chi connectivity index (χ3v) is 4.71. The van der Waals surface area contributed by atoms with E-state index < -0.39 is 0 Å². The van der Waals surface area contributed by atoms with E-state index in [-0.39, 0.29) is 12.6 Å². The highest BCUT2D eigenvalue weighted by Crippen LogP contribution is 2.33. The third kappa shape index (κ3) is 3.60. The van der Waals surface area contributed by atoms with Crippen LogP contribution >= 0.6 is 0 Å². The lowest BCUT2D eigenvalue weighted by atomic mass is 9.94. The molecule has 0 spiro atoms. The van der Waals surface area contributed by atoms with Crippen molar-refractivity contribution in [3.8, 4) is 11.3 Å². The Balaban J connectivity index is 1.71. The predicted octanol–water partition coefficient (Wildman–Crippen LogP) is 3.67. The lowest BCUT2D eigenvalue weighted by Crippen LogP contribution is -2.15. The Morgan fingerprint density at radius 3 is 2.70 bits per heavy atom. The van der Waals surface area contributed by atoms with Crippen LogP contribution < -0.4 is 5.73 Å². The molecule has 0 aliphatic heterocycles. The fourth-order valence-corrected chi connectivity index (χ4v) is 3.35. The van der Waals surface area contributed by atoms with Crippen LogP contribution in [0.3, 0.4) is 0 Å². The van der Waals surface area contributed by atoms with Gasteiger partial charge in [0.2, 0.25) is 0 Å². The number of benzene rings is 2. The van der Waals surface area contributed by atoms with Gasteiger partial charge in [-0.05, 0) is 41.8 Å². The zero-order chi connectivity index (χ0) is 18.6. The molecule has 3 N–H and O–H groups in total. The second-order valence-electron chi connectivity index (χ2n) is 6.55. The van der Waals surface area contributed by atoms with Crippen LogP contribution in [0.5, 0.6) is 0 Å². The third-order valence-electron chi connectivity index (χ3n) is 4.71. The average Bonchev–Trinajstić information content (AvgIpc) is 3.12. The molecule has 27 heavy (non-hydrogen) atoms. The van der Waals surface area contributed by atoms with Crippen molar-refractivity contribution >= 4 is 11.0 Å². The van der Waals surface area contributed by atoms with Gasteiger partial charge in [-0.2, -0.15) is 0 Å². The van der Waals surface area contributed by atoms with Crippen LogP contribution in [-0.2, 0) is 12.8 Å². The first kappa shape index (κ1) is 17.4. The second kappa shape index (κ2) is 7.70. The molecule has 0 saturated carbocycles. The Kier molecular flexibility index (Phi) is 4.96. The van der Waals surface area contributed by atoms with E-state index in [4.69, 9.17) is 15.4 Å². The van der Waals surface area contributed by atoms with E-state index >= 15 is 0 Å². The molecule has 0 fully saturated rings. The van der Waals surface area contributed by atoms with E-state index in [2.05, 4.69) is 10.1 Å².